The van der Waals surface area contributed by atoms with Crippen molar-refractivity contribution in [3.05, 3.63) is 70.0 Å². The first-order valence-electron chi connectivity index (χ1n) is 7.66. The van der Waals surface area contributed by atoms with Gasteiger partial charge in [-0.25, -0.2) is 4.68 Å². The number of carbonyl (C=O) groups is 1. The maximum Gasteiger partial charge on any atom is 0.278 e. The van der Waals surface area contributed by atoms with Gasteiger partial charge in [0.1, 0.15) is 5.69 Å². The van der Waals surface area contributed by atoms with E-state index in [-0.39, 0.29) is 18.2 Å². The van der Waals surface area contributed by atoms with Crippen molar-refractivity contribution >= 4 is 27.5 Å². The Bertz CT molecular complexity index is 873. The number of rotatable bonds is 5. The molecule has 0 aliphatic carbocycles. The molecule has 2 aromatic carbocycles. The number of amides is 1. The number of carbonyl (C=O) groups excluding carboxylic acids is 1. The van der Waals surface area contributed by atoms with E-state index in [9.17, 15) is 4.79 Å². The van der Waals surface area contributed by atoms with Gasteiger partial charge in [-0.05, 0) is 43.3 Å². The lowest BCUT2D eigenvalue weighted by Crippen LogP contribution is -2.16. The Hall–Kier alpha value is -2.51. The zero-order valence-corrected chi connectivity index (χ0v) is 15.4. The summed E-state index contributed by atoms with van der Waals surface area (Å²) in [4.78, 5) is 12.6. The highest BCUT2D eigenvalue weighted by Crippen LogP contribution is 2.18. The van der Waals surface area contributed by atoms with Crippen molar-refractivity contribution in [2.24, 2.45) is 0 Å². The molecule has 0 saturated heterocycles. The molecule has 7 heteroatoms. The second-order valence-electron chi connectivity index (χ2n) is 5.53. The highest BCUT2D eigenvalue weighted by atomic mass is 79.9. The van der Waals surface area contributed by atoms with E-state index < -0.39 is 0 Å². The van der Waals surface area contributed by atoms with Crippen LogP contribution in [-0.4, -0.2) is 28.0 Å². The zero-order valence-electron chi connectivity index (χ0n) is 13.9. The molecule has 0 bridgehead atoms. The molecule has 0 aliphatic heterocycles. The first-order valence-corrected chi connectivity index (χ1v) is 8.45. The van der Waals surface area contributed by atoms with Crippen molar-refractivity contribution in [2.75, 3.05) is 12.4 Å². The Morgan fingerprint density at radius 2 is 1.84 bits per heavy atom. The van der Waals surface area contributed by atoms with Crippen molar-refractivity contribution in [1.82, 2.24) is 15.0 Å². The van der Waals surface area contributed by atoms with Gasteiger partial charge in [-0.1, -0.05) is 38.8 Å². The fraction of sp³-hybridized carbons (Fsp3) is 0.167. The molecule has 0 radical (unpaired) electrons. The Kier molecular flexibility index (Phi) is 5.25. The predicted molar refractivity (Wildman–Crippen MR) is 98.9 cm³/mol. The number of benzene rings is 2. The Morgan fingerprint density at radius 1 is 1.16 bits per heavy atom. The second-order valence-corrected chi connectivity index (χ2v) is 6.44. The molecule has 0 aliphatic rings. The number of hydrogen-bond acceptors (Lipinski definition) is 4. The minimum atomic E-state index is -0.326. The average Bonchev–Trinajstić information content (AvgIpc) is 3.02. The molecular weight excluding hydrogens is 384 g/mol. The maximum atomic E-state index is 12.6. The monoisotopic (exact) mass is 400 g/mol. The number of aromatic nitrogens is 3. The van der Waals surface area contributed by atoms with E-state index in [4.69, 9.17) is 4.74 Å². The van der Waals surface area contributed by atoms with Gasteiger partial charge >= 0.3 is 0 Å². The van der Waals surface area contributed by atoms with E-state index in [0.29, 0.717) is 11.4 Å². The lowest BCUT2D eigenvalue weighted by Gasteiger charge is -2.08. The van der Waals surface area contributed by atoms with Crippen LogP contribution < -0.4 is 5.32 Å². The fourth-order valence-corrected chi connectivity index (χ4v) is 2.63. The molecule has 3 aromatic rings. The molecule has 128 valence electrons. The average molecular weight is 401 g/mol. The first kappa shape index (κ1) is 17.3. The molecular formula is C18H17BrN4O2. The van der Waals surface area contributed by atoms with Crippen molar-refractivity contribution < 1.29 is 9.53 Å². The predicted octanol–water partition coefficient (Wildman–Crippen LogP) is 3.74. The number of halogens is 1. The molecule has 1 amide bonds. The minimum Gasteiger partial charge on any atom is -0.378 e. The van der Waals surface area contributed by atoms with Gasteiger partial charge in [0, 0.05) is 17.3 Å². The molecule has 1 aromatic heterocycles. The lowest BCUT2D eigenvalue weighted by atomic mass is 10.2. The number of hydrogen-bond donors (Lipinski definition) is 1. The van der Waals surface area contributed by atoms with E-state index in [1.807, 2.05) is 55.5 Å². The molecule has 0 atom stereocenters. The van der Waals surface area contributed by atoms with Gasteiger partial charge < -0.3 is 10.1 Å². The fourth-order valence-electron chi connectivity index (χ4n) is 2.36. The van der Waals surface area contributed by atoms with E-state index >= 15 is 0 Å². The third-order valence-corrected chi connectivity index (χ3v) is 4.17. The Morgan fingerprint density at radius 3 is 2.48 bits per heavy atom. The van der Waals surface area contributed by atoms with Crippen LogP contribution in [0.3, 0.4) is 0 Å². The normalized spacial score (nSPS) is 10.7. The van der Waals surface area contributed by atoms with E-state index in [2.05, 4.69) is 31.6 Å². The van der Waals surface area contributed by atoms with Gasteiger partial charge in [0.2, 0.25) is 0 Å². The summed E-state index contributed by atoms with van der Waals surface area (Å²) in [5.41, 5.74) is 3.49. The van der Waals surface area contributed by atoms with Crippen molar-refractivity contribution in [3.63, 3.8) is 0 Å². The van der Waals surface area contributed by atoms with Crippen LogP contribution >= 0.6 is 15.9 Å². The number of nitrogens with one attached hydrogen (secondary N) is 1. The van der Waals surface area contributed by atoms with Gasteiger partial charge in [0.15, 0.2) is 5.69 Å². The van der Waals surface area contributed by atoms with Crippen molar-refractivity contribution in [1.29, 1.82) is 0 Å². The summed E-state index contributed by atoms with van der Waals surface area (Å²) in [7, 11) is 1.57. The van der Waals surface area contributed by atoms with Crippen LogP contribution in [0.4, 0.5) is 5.69 Å². The third kappa shape index (κ3) is 3.94. The highest BCUT2D eigenvalue weighted by Gasteiger charge is 2.20. The van der Waals surface area contributed by atoms with Gasteiger partial charge in [-0.15, -0.1) is 5.10 Å². The van der Waals surface area contributed by atoms with Gasteiger partial charge in [-0.3, -0.25) is 4.79 Å². The number of aryl methyl sites for hydroxylation is 1. The van der Waals surface area contributed by atoms with Crippen molar-refractivity contribution in [2.45, 2.75) is 13.5 Å². The Balaban J connectivity index is 1.91. The van der Waals surface area contributed by atoms with Crippen LogP contribution in [0.1, 0.15) is 21.7 Å². The SMILES string of the molecule is COCc1c(C(=O)Nc2ccc(Br)cc2)nnn1-c1ccc(C)cc1. The molecule has 6 nitrogen and oxygen atoms in total. The van der Waals surface area contributed by atoms with Crippen LogP contribution in [0, 0.1) is 6.92 Å². The van der Waals surface area contributed by atoms with E-state index in [0.717, 1.165) is 15.7 Å². The molecule has 0 unspecified atom stereocenters. The number of nitrogens with zero attached hydrogens (tertiary/aromatic N) is 3. The Labute approximate surface area is 153 Å². The zero-order chi connectivity index (χ0) is 17.8. The molecule has 1 heterocycles. The lowest BCUT2D eigenvalue weighted by molar-refractivity contribution is 0.101. The number of methoxy groups -OCH3 is 1. The van der Waals surface area contributed by atoms with Crippen LogP contribution in [0.15, 0.2) is 53.0 Å². The smallest absolute Gasteiger partial charge is 0.278 e. The molecule has 0 fully saturated rings. The summed E-state index contributed by atoms with van der Waals surface area (Å²) in [5.74, 6) is -0.326. The summed E-state index contributed by atoms with van der Waals surface area (Å²) in [6.45, 7) is 2.24. The summed E-state index contributed by atoms with van der Waals surface area (Å²) >= 11 is 3.37. The third-order valence-electron chi connectivity index (χ3n) is 3.64. The van der Waals surface area contributed by atoms with Gasteiger partial charge in [0.25, 0.3) is 5.91 Å². The number of anilines is 1. The molecule has 0 spiro atoms. The van der Waals surface area contributed by atoms with Gasteiger partial charge in [-0.2, -0.15) is 0 Å². The van der Waals surface area contributed by atoms with E-state index in [1.165, 1.54) is 0 Å². The summed E-state index contributed by atoms with van der Waals surface area (Å²) in [5, 5.41) is 11.0. The standard InChI is InChI=1S/C18H17BrN4O2/c1-12-3-9-15(10-4-12)23-16(11-25-2)17(21-22-23)18(24)20-14-7-5-13(19)6-8-14/h3-10H,11H2,1-2H3,(H,20,24). The first-order chi connectivity index (χ1) is 12.1. The van der Waals surface area contributed by atoms with Crippen LogP contribution in [0.5, 0.6) is 0 Å². The highest BCUT2D eigenvalue weighted by molar-refractivity contribution is 9.10. The topological polar surface area (TPSA) is 69.0 Å². The summed E-state index contributed by atoms with van der Waals surface area (Å²) in [6.07, 6.45) is 0. The van der Waals surface area contributed by atoms with E-state index in [1.54, 1.807) is 11.8 Å². The molecule has 3 rings (SSSR count). The molecule has 0 saturated carbocycles. The largest absolute Gasteiger partial charge is 0.378 e. The van der Waals surface area contributed by atoms with Crippen LogP contribution in [0.2, 0.25) is 0 Å². The number of ether oxygens (including phenoxy) is 1. The van der Waals surface area contributed by atoms with Crippen molar-refractivity contribution in [3.8, 4) is 5.69 Å². The van der Waals surface area contributed by atoms with Crippen LogP contribution in [-0.2, 0) is 11.3 Å². The van der Waals surface area contributed by atoms with Crippen LogP contribution in [0.25, 0.3) is 5.69 Å². The maximum absolute atomic E-state index is 12.6. The summed E-state index contributed by atoms with van der Waals surface area (Å²) in [6, 6.07) is 15.2. The molecule has 25 heavy (non-hydrogen) atoms. The summed E-state index contributed by atoms with van der Waals surface area (Å²) < 4.78 is 7.81. The second kappa shape index (κ2) is 7.58. The van der Waals surface area contributed by atoms with Gasteiger partial charge in [0.05, 0.1) is 12.3 Å². The minimum absolute atomic E-state index is 0.226. The quantitative estimate of drug-likeness (QED) is 0.707. The molecule has 1 N–H and O–H groups in total.